The molecule has 2 unspecified atom stereocenters. The first-order chi connectivity index (χ1) is 12.5. The Morgan fingerprint density at radius 2 is 1.96 bits per heavy atom. The highest BCUT2D eigenvalue weighted by atomic mass is 19.4. The normalized spacial score (nSPS) is 13.4. The molecule has 0 saturated carbocycles. The first kappa shape index (κ1) is 22.3. The van der Waals surface area contributed by atoms with E-state index >= 15 is 0 Å². The number of hydrogen-bond acceptors (Lipinski definition) is 6. The number of nitrogens with one attached hydrogen (secondary N) is 2. The second kappa shape index (κ2) is 9.79. The highest BCUT2D eigenvalue weighted by Crippen LogP contribution is 2.30. The summed E-state index contributed by atoms with van der Waals surface area (Å²) in [6.45, 7) is 2.77. The SMILES string of the molecule is CC(=N)OC(=N)C(C)C(OC(N)=O)c1cccc(OCCCC(F)(F)F)c1. The van der Waals surface area contributed by atoms with Crippen LogP contribution in [-0.2, 0) is 9.47 Å². The minimum Gasteiger partial charge on any atom is -0.494 e. The summed E-state index contributed by atoms with van der Waals surface area (Å²) < 4.78 is 51.8. The number of rotatable bonds is 8. The number of primary amides is 1. The molecule has 1 aromatic carbocycles. The molecule has 150 valence electrons. The molecule has 0 aromatic heterocycles. The van der Waals surface area contributed by atoms with Crippen LogP contribution < -0.4 is 10.5 Å². The third-order valence-electron chi connectivity index (χ3n) is 3.43. The lowest BCUT2D eigenvalue weighted by Gasteiger charge is -2.24. The van der Waals surface area contributed by atoms with Gasteiger partial charge in [0.05, 0.1) is 12.5 Å². The van der Waals surface area contributed by atoms with Crippen molar-refractivity contribution in [3.8, 4) is 5.75 Å². The van der Waals surface area contributed by atoms with Crippen LogP contribution >= 0.6 is 0 Å². The number of benzene rings is 1. The highest BCUT2D eigenvalue weighted by Gasteiger charge is 2.29. The predicted octanol–water partition coefficient (Wildman–Crippen LogP) is 4.17. The van der Waals surface area contributed by atoms with E-state index in [0.717, 1.165) is 0 Å². The summed E-state index contributed by atoms with van der Waals surface area (Å²) in [7, 11) is 0. The van der Waals surface area contributed by atoms with Crippen molar-refractivity contribution in [3.05, 3.63) is 29.8 Å². The van der Waals surface area contributed by atoms with Gasteiger partial charge in [-0.15, -0.1) is 0 Å². The van der Waals surface area contributed by atoms with E-state index in [2.05, 4.69) is 0 Å². The second-order valence-corrected chi connectivity index (χ2v) is 5.81. The number of nitrogens with two attached hydrogens (primary N) is 1. The van der Waals surface area contributed by atoms with Gasteiger partial charge in [0.15, 0.2) is 11.8 Å². The lowest BCUT2D eigenvalue weighted by molar-refractivity contribution is -0.136. The molecule has 0 bridgehead atoms. The Bertz CT molecular complexity index is 680. The van der Waals surface area contributed by atoms with Gasteiger partial charge in [-0.1, -0.05) is 12.1 Å². The average Bonchev–Trinajstić information content (AvgIpc) is 2.54. The molecule has 0 aliphatic heterocycles. The maximum absolute atomic E-state index is 12.2. The summed E-state index contributed by atoms with van der Waals surface area (Å²) in [4.78, 5) is 11.2. The van der Waals surface area contributed by atoms with Crippen LogP contribution in [0.3, 0.4) is 0 Å². The topological polar surface area (TPSA) is 118 Å². The summed E-state index contributed by atoms with van der Waals surface area (Å²) in [6.07, 6.45) is -7.44. The summed E-state index contributed by atoms with van der Waals surface area (Å²) in [5, 5.41) is 15.1. The predicted molar refractivity (Wildman–Crippen MR) is 92.0 cm³/mol. The van der Waals surface area contributed by atoms with Crippen LogP contribution in [0.4, 0.5) is 18.0 Å². The van der Waals surface area contributed by atoms with Crippen molar-refractivity contribution in [1.29, 1.82) is 10.8 Å². The Morgan fingerprint density at radius 1 is 1.30 bits per heavy atom. The van der Waals surface area contributed by atoms with Crippen molar-refractivity contribution in [2.75, 3.05) is 6.61 Å². The van der Waals surface area contributed by atoms with Gasteiger partial charge in [0.1, 0.15) is 11.9 Å². The first-order valence-electron chi connectivity index (χ1n) is 8.06. The van der Waals surface area contributed by atoms with Crippen LogP contribution in [0.5, 0.6) is 5.75 Å². The van der Waals surface area contributed by atoms with Crippen LogP contribution in [0.15, 0.2) is 24.3 Å². The fourth-order valence-electron chi connectivity index (χ4n) is 2.22. The minimum atomic E-state index is -4.24. The third kappa shape index (κ3) is 8.43. The van der Waals surface area contributed by atoms with Crippen molar-refractivity contribution >= 4 is 17.9 Å². The maximum Gasteiger partial charge on any atom is 0.405 e. The molecule has 7 nitrogen and oxygen atoms in total. The van der Waals surface area contributed by atoms with E-state index in [1.165, 1.54) is 13.0 Å². The lowest BCUT2D eigenvalue weighted by atomic mass is 9.96. The Kier molecular flexibility index (Phi) is 8.07. The van der Waals surface area contributed by atoms with Crippen LogP contribution in [0.25, 0.3) is 0 Å². The number of amides is 1. The van der Waals surface area contributed by atoms with Gasteiger partial charge in [0.25, 0.3) is 0 Å². The van der Waals surface area contributed by atoms with Crippen LogP contribution in [0.1, 0.15) is 38.4 Å². The van der Waals surface area contributed by atoms with Gasteiger partial charge in [0.2, 0.25) is 0 Å². The van der Waals surface area contributed by atoms with Crippen molar-refractivity contribution in [2.24, 2.45) is 11.7 Å². The Labute approximate surface area is 154 Å². The van der Waals surface area contributed by atoms with Gasteiger partial charge >= 0.3 is 12.3 Å². The largest absolute Gasteiger partial charge is 0.494 e. The van der Waals surface area contributed by atoms with E-state index in [4.69, 9.17) is 30.8 Å². The zero-order valence-electron chi connectivity index (χ0n) is 14.9. The van der Waals surface area contributed by atoms with Gasteiger partial charge in [-0.3, -0.25) is 10.8 Å². The molecule has 2 atom stereocenters. The molecular weight excluding hydrogens is 367 g/mol. The van der Waals surface area contributed by atoms with Gasteiger partial charge in [-0.2, -0.15) is 13.2 Å². The van der Waals surface area contributed by atoms with E-state index in [0.29, 0.717) is 5.56 Å². The summed E-state index contributed by atoms with van der Waals surface area (Å²) in [5.74, 6) is -0.981. The Balaban J connectivity index is 2.88. The van der Waals surface area contributed by atoms with E-state index in [1.54, 1.807) is 25.1 Å². The van der Waals surface area contributed by atoms with Gasteiger partial charge in [-0.05, 0) is 31.0 Å². The van der Waals surface area contributed by atoms with Crippen molar-refractivity contribution in [3.63, 3.8) is 0 Å². The number of halogens is 3. The molecule has 10 heteroatoms. The molecule has 0 aliphatic rings. The molecule has 27 heavy (non-hydrogen) atoms. The number of carbonyl (C=O) groups is 1. The summed E-state index contributed by atoms with van der Waals surface area (Å²) in [5.41, 5.74) is 5.52. The van der Waals surface area contributed by atoms with E-state index in [1.807, 2.05) is 0 Å². The smallest absolute Gasteiger partial charge is 0.405 e. The van der Waals surface area contributed by atoms with Crippen LogP contribution in [0, 0.1) is 16.7 Å². The quantitative estimate of drug-likeness (QED) is 0.351. The minimum absolute atomic E-state index is 0.133. The second-order valence-electron chi connectivity index (χ2n) is 5.81. The maximum atomic E-state index is 12.2. The van der Waals surface area contributed by atoms with Crippen molar-refractivity contribution in [2.45, 2.75) is 39.0 Å². The van der Waals surface area contributed by atoms with E-state index in [9.17, 15) is 18.0 Å². The molecule has 4 N–H and O–H groups in total. The molecule has 0 heterocycles. The number of hydrogen-bond donors (Lipinski definition) is 3. The molecule has 0 aliphatic carbocycles. The fraction of sp³-hybridized carbons (Fsp3) is 0.471. The third-order valence-corrected chi connectivity index (χ3v) is 3.43. The van der Waals surface area contributed by atoms with Crippen LogP contribution in [-0.4, -0.2) is 30.7 Å². The number of ether oxygens (including phenoxy) is 3. The van der Waals surface area contributed by atoms with Crippen LogP contribution in [0.2, 0.25) is 0 Å². The number of carbonyl (C=O) groups excluding carboxylic acids is 1. The molecule has 0 spiro atoms. The molecule has 1 aromatic rings. The zero-order valence-corrected chi connectivity index (χ0v) is 14.9. The lowest BCUT2D eigenvalue weighted by Crippen LogP contribution is -2.28. The molecule has 1 amide bonds. The molecule has 1 rings (SSSR count). The summed E-state index contributed by atoms with van der Waals surface area (Å²) in [6, 6.07) is 6.21. The van der Waals surface area contributed by atoms with E-state index in [-0.39, 0.29) is 30.6 Å². The fourth-order valence-corrected chi connectivity index (χ4v) is 2.22. The average molecular weight is 389 g/mol. The standard InChI is InChI=1S/C17H22F3N3O4/c1-10(15(22)26-11(2)21)14(27-16(23)24)12-5-3-6-13(9-12)25-8-4-7-17(18,19)20/h3,5-6,9-10,14,21-22H,4,7-8H2,1-2H3,(H2,23,24). The monoisotopic (exact) mass is 389 g/mol. The van der Waals surface area contributed by atoms with Gasteiger partial charge < -0.3 is 19.9 Å². The first-order valence-corrected chi connectivity index (χ1v) is 8.06. The van der Waals surface area contributed by atoms with Gasteiger partial charge in [0, 0.05) is 13.3 Å². The van der Waals surface area contributed by atoms with Gasteiger partial charge in [-0.25, -0.2) is 4.79 Å². The molecule has 0 radical (unpaired) electrons. The molecule has 0 saturated heterocycles. The highest BCUT2D eigenvalue weighted by molar-refractivity contribution is 5.88. The van der Waals surface area contributed by atoms with Crippen molar-refractivity contribution in [1.82, 2.24) is 0 Å². The molecule has 0 fully saturated rings. The zero-order chi connectivity index (χ0) is 20.6. The van der Waals surface area contributed by atoms with E-state index < -0.39 is 30.7 Å². The molecular formula is C17H22F3N3O4. The number of alkyl halides is 3. The Morgan fingerprint density at radius 3 is 2.52 bits per heavy atom. The summed E-state index contributed by atoms with van der Waals surface area (Å²) >= 11 is 0. The van der Waals surface area contributed by atoms with Crippen molar-refractivity contribution < 1.29 is 32.2 Å². The Hall–Kier alpha value is -2.78.